The third kappa shape index (κ3) is 2.02. The third-order valence-electron chi connectivity index (χ3n) is 2.97. The van der Waals surface area contributed by atoms with Gasteiger partial charge in [-0.3, -0.25) is 9.36 Å². The molecule has 0 radical (unpaired) electrons. The standard InChI is InChI=1S/C12H14N2O4/c1-14-9-6-7(8(4-5-13)11(15)16)2-3-10(9)18-12(14)17/h2-3,6,8H,4-5,13H2,1H3,(H,15,16). The molecule has 0 bridgehead atoms. The highest BCUT2D eigenvalue weighted by Gasteiger charge is 2.20. The molecule has 1 heterocycles. The zero-order valence-electron chi connectivity index (χ0n) is 9.92. The summed E-state index contributed by atoms with van der Waals surface area (Å²) in [5, 5.41) is 9.16. The lowest BCUT2D eigenvalue weighted by Gasteiger charge is -2.11. The Morgan fingerprint density at radius 2 is 2.28 bits per heavy atom. The average Bonchev–Trinajstić information content (AvgIpc) is 2.62. The molecule has 2 rings (SSSR count). The van der Waals surface area contributed by atoms with Gasteiger partial charge in [-0.05, 0) is 30.7 Å². The van der Waals surface area contributed by atoms with Crippen molar-refractivity contribution in [2.24, 2.45) is 12.8 Å². The number of carboxylic acids is 1. The number of nitrogens with two attached hydrogens (primary N) is 1. The van der Waals surface area contributed by atoms with Gasteiger partial charge in [-0.2, -0.15) is 0 Å². The molecule has 2 aromatic rings. The minimum Gasteiger partial charge on any atom is -0.481 e. The summed E-state index contributed by atoms with van der Waals surface area (Å²) in [7, 11) is 1.58. The van der Waals surface area contributed by atoms with Gasteiger partial charge in [0.1, 0.15) is 0 Å². The fourth-order valence-electron chi connectivity index (χ4n) is 1.96. The van der Waals surface area contributed by atoms with E-state index >= 15 is 0 Å². The van der Waals surface area contributed by atoms with E-state index in [1.807, 2.05) is 0 Å². The number of hydrogen-bond acceptors (Lipinski definition) is 4. The first-order chi connectivity index (χ1) is 8.54. The number of aryl methyl sites for hydroxylation is 1. The Hall–Kier alpha value is -2.08. The number of carboxylic acid groups (broad SMARTS) is 1. The van der Waals surface area contributed by atoms with Crippen LogP contribution < -0.4 is 11.5 Å². The Balaban J connectivity index is 2.54. The molecular weight excluding hydrogens is 236 g/mol. The van der Waals surface area contributed by atoms with Crippen LogP contribution in [-0.4, -0.2) is 22.2 Å². The summed E-state index contributed by atoms with van der Waals surface area (Å²) in [6, 6.07) is 4.92. The summed E-state index contributed by atoms with van der Waals surface area (Å²) in [5.74, 6) is -2.05. The molecule has 18 heavy (non-hydrogen) atoms. The van der Waals surface area contributed by atoms with Crippen molar-refractivity contribution in [1.29, 1.82) is 0 Å². The Bertz CT molecular complexity index is 641. The predicted octanol–water partition coefficient (Wildman–Crippen LogP) is 0.648. The van der Waals surface area contributed by atoms with E-state index in [2.05, 4.69) is 0 Å². The number of rotatable bonds is 4. The highest BCUT2D eigenvalue weighted by Crippen LogP contribution is 2.23. The number of oxazole rings is 1. The zero-order chi connectivity index (χ0) is 13.3. The quantitative estimate of drug-likeness (QED) is 0.830. The molecule has 96 valence electrons. The van der Waals surface area contributed by atoms with Crippen LogP contribution in [0, 0.1) is 0 Å². The van der Waals surface area contributed by atoms with Crippen LogP contribution in [0.5, 0.6) is 0 Å². The normalized spacial score (nSPS) is 12.8. The molecule has 1 aromatic heterocycles. The van der Waals surface area contributed by atoms with E-state index in [1.54, 1.807) is 25.2 Å². The zero-order valence-corrected chi connectivity index (χ0v) is 9.92. The van der Waals surface area contributed by atoms with Crippen molar-refractivity contribution in [3.8, 4) is 0 Å². The van der Waals surface area contributed by atoms with Gasteiger partial charge in [-0.1, -0.05) is 6.07 Å². The van der Waals surface area contributed by atoms with Crippen LogP contribution in [-0.2, 0) is 11.8 Å². The van der Waals surface area contributed by atoms with Crippen LogP contribution >= 0.6 is 0 Å². The summed E-state index contributed by atoms with van der Waals surface area (Å²) in [6.45, 7) is 0.291. The number of nitrogens with zero attached hydrogens (tertiary/aromatic N) is 1. The van der Waals surface area contributed by atoms with Crippen molar-refractivity contribution >= 4 is 17.1 Å². The average molecular weight is 250 g/mol. The molecule has 1 atom stereocenters. The van der Waals surface area contributed by atoms with Crippen LogP contribution in [0.25, 0.3) is 11.1 Å². The molecule has 0 saturated heterocycles. The van der Waals surface area contributed by atoms with Crippen molar-refractivity contribution in [2.75, 3.05) is 6.54 Å². The number of aromatic nitrogens is 1. The molecule has 6 nitrogen and oxygen atoms in total. The van der Waals surface area contributed by atoms with Crippen molar-refractivity contribution in [3.63, 3.8) is 0 Å². The molecule has 0 fully saturated rings. The maximum atomic E-state index is 11.3. The molecule has 3 N–H and O–H groups in total. The predicted molar refractivity (Wildman–Crippen MR) is 65.5 cm³/mol. The second kappa shape index (κ2) is 4.66. The first-order valence-corrected chi connectivity index (χ1v) is 5.57. The van der Waals surface area contributed by atoms with E-state index in [0.717, 1.165) is 0 Å². The van der Waals surface area contributed by atoms with Gasteiger partial charge in [0, 0.05) is 7.05 Å². The number of carbonyl (C=O) groups is 1. The third-order valence-corrected chi connectivity index (χ3v) is 2.97. The van der Waals surface area contributed by atoms with Gasteiger partial charge in [-0.25, -0.2) is 4.79 Å². The molecule has 0 spiro atoms. The summed E-state index contributed by atoms with van der Waals surface area (Å²) in [4.78, 5) is 22.5. The number of benzene rings is 1. The monoisotopic (exact) mass is 250 g/mol. The molecule has 0 aliphatic rings. The number of hydrogen-bond donors (Lipinski definition) is 2. The van der Waals surface area contributed by atoms with Gasteiger partial charge in [0.25, 0.3) is 0 Å². The van der Waals surface area contributed by atoms with E-state index in [4.69, 9.17) is 15.3 Å². The number of fused-ring (bicyclic) bond motifs is 1. The maximum absolute atomic E-state index is 11.3. The Labute approximate surface area is 103 Å². The van der Waals surface area contributed by atoms with E-state index in [9.17, 15) is 9.59 Å². The molecule has 6 heteroatoms. The molecule has 0 saturated carbocycles. The minimum atomic E-state index is -0.923. The van der Waals surface area contributed by atoms with Crippen molar-refractivity contribution in [2.45, 2.75) is 12.3 Å². The fourth-order valence-corrected chi connectivity index (χ4v) is 1.96. The van der Waals surface area contributed by atoms with E-state index in [-0.39, 0.29) is 0 Å². The van der Waals surface area contributed by atoms with Crippen LogP contribution in [0.3, 0.4) is 0 Å². The van der Waals surface area contributed by atoms with Crippen LogP contribution in [0.2, 0.25) is 0 Å². The fraction of sp³-hybridized carbons (Fsp3) is 0.333. The van der Waals surface area contributed by atoms with Crippen molar-refractivity contribution in [3.05, 3.63) is 34.3 Å². The Morgan fingerprint density at radius 1 is 1.56 bits per heavy atom. The van der Waals surface area contributed by atoms with Crippen molar-refractivity contribution < 1.29 is 14.3 Å². The largest absolute Gasteiger partial charge is 0.481 e. The summed E-state index contributed by atoms with van der Waals surface area (Å²) in [5.41, 5.74) is 7.07. The first kappa shape index (κ1) is 12.4. The summed E-state index contributed by atoms with van der Waals surface area (Å²) < 4.78 is 6.34. The summed E-state index contributed by atoms with van der Waals surface area (Å²) >= 11 is 0. The van der Waals surface area contributed by atoms with E-state index in [1.165, 1.54) is 4.57 Å². The highest BCUT2D eigenvalue weighted by molar-refractivity contribution is 5.80. The lowest BCUT2D eigenvalue weighted by atomic mass is 9.95. The maximum Gasteiger partial charge on any atom is 0.419 e. The first-order valence-electron chi connectivity index (χ1n) is 5.57. The molecule has 0 amide bonds. The smallest absolute Gasteiger partial charge is 0.419 e. The van der Waals surface area contributed by atoms with Crippen LogP contribution in [0.4, 0.5) is 0 Å². The number of aliphatic carboxylic acids is 1. The molecule has 1 unspecified atom stereocenters. The van der Waals surface area contributed by atoms with Crippen LogP contribution in [0.15, 0.2) is 27.4 Å². The minimum absolute atomic E-state index is 0.291. The summed E-state index contributed by atoms with van der Waals surface area (Å²) in [6.07, 6.45) is 0.354. The molecule has 0 aliphatic heterocycles. The van der Waals surface area contributed by atoms with E-state index in [0.29, 0.717) is 29.6 Å². The Morgan fingerprint density at radius 3 is 2.89 bits per heavy atom. The van der Waals surface area contributed by atoms with Gasteiger partial charge >= 0.3 is 11.7 Å². The highest BCUT2D eigenvalue weighted by atomic mass is 16.4. The lowest BCUT2D eigenvalue weighted by molar-refractivity contribution is -0.138. The van der Waals surface area contributed by atoms with Gasteiger partial charge in [-0.15, -0.1) is 0 Å². The topological polar surface area (TPSA) is 98.5 Å². The van der Waals surface area contributed by atoms with Gasteiger partial charge in [0.15, 0.2) is 5.58 Å². The van der Waals surface area contributed by atoms with Crippen molar-refractivity contribution in [1.82, 2.24) is 4.57 Å². The van der Waals surface area contributed by atoms with Gasteiger partial charge in [0.05, 0.1) is 11.4 Å². The molecule has 0 aliphatic carbocycles. The lowest BCUT2D eigenvalue weighted by Crippen LogP contribution is -2.16. The SMILES string of the molecule is Cn1c(=O)oc2ccc(C(CCN)C(=O)O)cc21. The second-order valence-electron chi connectivity index (χ2n) is 4.12. The molecule has 1 aromatic carbocycles. The Kier molecular flexibility index (Phi) is 3.20. The van der Waals surface area contributed by atoms with Gasteiger partial charge in [0.2, 0.25) is 0 Å². The molecular formula is C12H14N2O4. The van der Waals surface area contributed by atoms with Crippen LogP contribution in [0.1, 0.15) is 17.9 Å². The van der Waals surface area contributed by atoms with E-state index < -0.39 is 17.6 Å². The second-order valence-corrected chi connectivity index (χ2v) is 4.12. The van der Waals surface area contributed by atoms with Gasteiger partial charge < -0.3 is 15.3 Å².